The Morgan fingerprint density at radius 1 is 1.38 bits per heavy atom. The van der Waals surface area contributed by atoms with Gasteiger partial charge in [-0.3, -0.25) is 4.68 Å². The molecule has 3 rings (SSSR count). The first-order chi connectivity index (χ1) is 13.9. The van der Waals surface area contributed by atoms with Gasteiger partial charge in [0.2, 0.25) is 0 Å². The summed E-state index contributed by atoms with van der Waals surface area (Å²) in [7, 11) is 1.36. The topological polar surface area (TPSA) is 68.2 Å². The smallest absolute Gasteiger partial charge is 0.340 e. The third-order valence-electron chi connectivity index (χ3n) is 4.00. The van der Waals surface area contributed by atoms with Crippen molar-refractivity contribution in [3.8, 4) is 0 Å². The normalized spacial score (nSPS) is 10.6. The molecule has 0 fully saturated rings. The van der Waals surface area contributed by atoms with Gasteiger partial charge in [-0.2, -0.15) is 5.10 Å². The number of hydrogen-bond donors (Lipinski definition) is 2. The minimum absolute atomic E-state index is 0.323. The van der Waals surface area contributed by atoms with Crippen LogP contribution in [-0.4, -0.2) is 28.0 Å². The van der Waals surface area contributed by atoms with Gasteiger partial charge in [-0.1, -0.05) is 36.7 Å². The molecule has 2 N–H and O–H groups in total. The van der Waals surface area contributed by atoms with Gasteiger partial charge >= 0.3 is 5.97 Å². The van der Waals surface area contributed by atoms with E-state index in [1.54, 1.807) is 4.68 Å². The predicted octanol–water partition coefficient (Wildman–Crippen LogP) is 5.57. The van der Waals surface area contributed by atoms with Crippen molar-refractivity contribution < 1.29 is 9.53 Å². The van der Waals surface area contributed by atoms with Crippen LogP contribution in [0, 0.1) is 0 Å². The number of carbonyl (C=O) groups excluding carboxylic acids is 1. The van der Waals surface area contributed by atoms with E-state index >= 15 is 0 Å². The lowest BCUT2D eigenvalue weighted by atomic mass is 10.2. The molecule has 2 heterocycles. The number of esters is 1. The van der Waals surface area contributed by atoms with Crippen LogP contribution in [0.3, 0.4) is 0 Å². The summed E-state index contributed by atoms with van der Waals surface area (Å²) in [4.78, 5) is 13.1. The number of ether oxygens (including phenoxy) is 1. The first-order valence-electron chi connectivity index (χ1n) is 8.66. The minimum Gasteiger partial charge on any atom is -0.465 e. The number of benzene rings is 1. The summed E-state index contributed by atoms with van der Waals surface area (Å²) in [6.45, 7) is 2.55. The Hall–Kier alpha value is -1.94. The average molecular weight is 514 g/mol. The number of nitrogens with one attached hydrogen (secondary N) is 2. The van der Waals surface area contributed by atoms with E-state index in [1.807, 2.05) is 43.5 Å². The summed E-state index contributed by atoms with van der Waals surface area (Å²) < 4.78 is 7.37. The fraction of sp³-hybridized carbons (Fsp3) is 0.211. The van der Waals surface area contributed by atoms with Crippen LogP contribution in [0.5, 0.6) is 0 Å². The van der Waals surface area contributed by atoms with Crippen molar-refractivity contribution in [1.29, 1.82) is 0 Å². The molecule has 152 valence electrons. The van der Waals surface area contributed by atoms with E-state index in [1.165, 1.54) is 18.4 Å². The Labute approximate surface area is 191 Å². The van der Waals surface area contributed by atoms with Crippen LogP contribution < -0.4 is 10.6 Å². The maximum Gasteiger partial charge on any atom is 0.340 e. The van der Waals surface area contributed by atoms with Crippen molar-refractivity contribution in [2.45, 2.75) is 19.9 Å². The Balaban J connectivity index is 1.72. The van der Waals surface area contributed by atoms with E-state index in [0.717, 1.165) is 21.3 Å². The maximum atomic E-state index is 12.0. The number of halogens is 2. The molecule has 2 aromatic heterocycles. The number of anilines is 2. The van der Waals surface area contributed by atoms with Crippen molar-refractivity contribution >= 4 is 73.0 Å². The van der Waals surface area contributed by atoms with Crippen LogP contribution in [-0.2, 0) is 17.7 Å². The minimum atomic E-state index is -0.406. The Morgan fingerprint density at radius 2 is 2.14 bits per heavy atom. The zero-order valence-electron chi connectivity index (χ0n) is 15.7. The van der Waals surface area contributed by atoms with E-state index in [9.17, 15) is 4.79 Å². The van der Waals surface area contributed by atoms with Crippen LogP contribution in [0.2, 0.25) is 5.02 Å². The molecule has 0 radical (unpaired) electrons. The van der Waals surface area contributed by atoms with Crippen molar-refractivity contribution in [2.75, 3.05) is 17.7 Å². The highest BCUT2D eigenvalue weighted by molar-refractivity contribution is 9.10. The molecule has 0 unspecified atom stereocenters. The SMILES string of the molecule is CCc1cc(C(=O)OC)c(NC(=S)Nc2nn(Cc3ccccc3Cl)cc2Br)s1. The third-order valence-corrected chi connectivity index (χ3v) is 6.35. The monoisotopic (exact) mass is 512 g/mol. The summed E-state index contributed by atoms with van der Waals surface area (Å²) in [5, 5.41) is 12.3. The average Bonchev–Trinajstić information content (AvgIpc) is 3.26. The highest BCUT2D eigenvalue weighted by atomic mass is 79.9. The van der Waals surface area contributed by atoms with Gasteiger partial charge in [0.1, 0.15) is 5.00 Å². The molecule has 6 nitrogen and oxygen atoms in total. The number of aromatic nitrogens is 2. The fourth-order valence-corrected chi connectivity index (χ4v) is 4.44. The third kappa shape index (κ3) is 5.36. The van der Waals surface area contributed by atoms with Crippen molar-refractivity contribution in [3.63, 3.8) is 0 Å². The molecule has 0 aliphatic carbocycles. The zero-order valence-corrected chi connectivity index (χ0v) is 19.6. The first kappa shape index (κ1) is 21.8. The van der Waals surface area contributed by atoms with Crippen LogP contribution in [0.4, 0.5) is 10.8 Å². The first-order valence-corrected chi connectivity index (χ1v) is 11.1. The molecule has 3 aromatic rings. The van der Waals surface area contributed by atoms with Crippen LogP contribution in [0.25, 0.3) is 0 Å². The van der Waals surface area contributed by atoms with E-state index in [2.05, 4.69) is 31.7 Å². The quantitative estimate of drug-likeness (QED) is 0.332. The van der Waals surface area contributed by atoms with E-state index in [4.69, 9.17) is 28.6 Å². The second kappa shape index (κ2) is 9.71. The number of thiophene rings is 1. The number of aryl methyl sites for hydroxylation is 1. The highest BCUT2D eigenvalue weighted by Crippen LogP contribution is 2.30. The molecule has 0 aliphatic rings. The highest BCUT2D eigenvalue weighted by Gasteiger charge is 2.18. The molecule has 0 spiro atoms. The fourth-order valence-electron chi connectivity index (χ4n) is 2.58. The summed E-state index contributed by atoms with van der Waals surface area (Å²) in [6.07, 6.45) is 2.66. The largest absolute Gasteiger partial charge is 0.465 e. The van der Waals surface area contributed by atoms with E-state index < -0.39 is 5.97 Å². The Bertz CT molecular complexity index is 1050. The molecule has 1 aromatic carbocycles. The molecule has 29 heavy (non-hydrogen) atoms. The van der Waals surface area contributed by atoms with Crippen LogP contribution in [0.1, 0.15) is 27.7 Å². The van der Waals surface area contributed by atoms with Gasteiger partial charge < -0.3 is 15.4 Å². The van der Waals surface area contributed by atoms with Gasteiger partial charge in [0.25, 0.3) is 0 Å². The number of nitrogens with zero attached hydrogens (tertiary/aromatic N) is 2. The maximum absolute atomic E-state index is 12.0. The molecular formula is C19H18BrClN4O2S2. The number of thiocarbonyl (C=S) groups is 1. The van der Waals surface area contributed by atoms with Gasteiger partial charge in [-0.25, -0.2) is 4.79 Å². The van der Waals surface area contributed by atoms with Crippen LogP contribution in [0.15, 0.2) is 41.0 Å². The Kier molecular flexibility index (Phi) is 7.28. The number of methoxy groups -OCH3 is 1. The van der Waals surface area contributed by atoms with E-state index in [0.29, 0.717) is 33.1 Å². The number of hydrogen-bond acceptors (Lipinski definition) is 5. The summed E-state index contributed by atoms with van der Waals surface area (Å²) in [5.41, 5.74) is 1.42. The molecule has 0 saturated heterocycles. The molecule has 0 atom stereocenters. The molecule has 0 amide bonds. The van der Waals surface area contributed by atoms with Gasteiger partial charge in [0, 0.05) is 16.1 Å². The molecule has 10 heteroatoms. The molecule has 0 bridgehead atoms. The summed E-state index contributed by atoms with van der Waals surface area (Å²) in [5.74, 6) is 0.151. The summed E-state index contributed by atoms with van der Waals surface area (Å²) >= 11 is 16.6. The molecule has 0 aliphatic heterocycles. The standard InChI is InChI=1S/C19H18BrClN4O2S2/c1-3-12-8-13(18(26)27-2)17(29-12)23-19(28)22-16-14(20)10-25(24-16)9-11-6-4-5-7-15(11)21/h4-8,10H,3,9H2,1-2H3,(H2,22,23,24,28). The molecular weight excluding hydrogens is 496 g/mol. The predicted molar refractivity (Wildman–Crippen MR) is 125 cm³/mol. The van der Waals surface area contributed by atoms with Crippen molar-refractivity contribution in [2.24, 2.45) is 0 Å². The zero-order chi connectivity index (χ0) is 21.0. The van der Waals surface area contributed by atoms with Crippen molar-refractivity contribution in [1.82, 2.24) is 9.78 Å². The lowest BCUT2D eigenvalue weighted by Crippen LogP contribution is -2.20. The summed E-state index contributed by atoms with van der Waals surface area (Å²) in [6, 6.07) is 9.43. The van der Waals surface area contributed by atoms with Crippen LogP contribution >= 0.6 is 51.1 Å². The number of carbonyl (C=O) groups is 1. The molecule has 0 saturated carbocycles. The van der Waals surface area contributed by atoms with Gasteiger partial charge in [-0.15, -0.1) is 11.3 Å². The Morgan fingerprint density at radius 3 is 2.83 bits per heavy atom. The van der Waals surface area contributed by atoms with Gasteiger partial charge in [-0.05, 0) is 52.3 Å². The second-order valence-corrected chi connectivity index (χ2v) is 8.80. The van der Waals surface area contributed by atoms with Gasteiger partial charge in [0.05, 0.1) is 23.7 Å². The second-order valence-electron chi connectivity index (χ2n) is 5.99. The van der Waals surface area contributed by atoms with Crippen molar-refractivity contribution in [3.05, 3.63) is 62.0 Å². The number of rotatable bonds is 6. The van der Waals surface area contributed by atoms with E-state index in [-0.39, 0.29) is 0 Å². The lowest BCUT2D eigenvalue weighted by molar-refractivity contribution is 0.0602. The lowest BCUT2D eigenvalue weighted by Gasteiger charge is -2.09. The van der Waals surface area contributed by atoms with Gasteiger partial charge in [0.15, 0.2) is 10.9 Å².